The fraction of sp³-hybridized carbons (Fsp3) is 0.207. The molecule has 5 rings (SSSR count). The van der Waals surface area contributed by atoms with Gasteiger partial charge in [0, 0.05) is 36.4 Å². The van der Waals surface area contributed by atoms with Crippen LogP contribution < -0.4 is 19.8 Å². The molecule has 0 saturated carbocycles. The summed E-state index contributed by atoms with van der Waals surface area (Å²) >= 11 is 7.38. The molecule has 0 amide bonds. The number of allylic oxidation sites excluding steroid dienone is 1. The predicted octanol–water partition coefficient (Wildman–Crippen LogP) is 4.78. The Hall–Kier alpha value is -3.88. The highest BCUT2D eigenvalue weighted by atomic mass is 35.5. The highest BCUT2D eigenvalue weighted by Gasteiger charge is 2.33. The number of ether oxygens (including phenoxy) is 1. The molecule has 9 heteroatoms. The number of furan rings is 1. The van der Waals surface area contributed by atoms with Gasteiger partial charge in [0.25, 0.3) is 5.56 Å². The maximum Gasteiger partial charge on any atom is 0.338 e. The first-order valence-corrected chi connectivity index (χ1v) is 13.3. The molecule has 3 heterocycles. The van der Waals surface area contributed by atoms with Crippen molar-refractivity contribution in [3.8, 4) is 11.3 Å². The van der Waals surface area contributed by atoms with Crippen LogP contribution in [0, 0.1) is 0 Å². The van der Waals surface area contributed by atoms with Crippen LogP contribution >= 0.6 is 22.9 Å². The highest BCUT2D eigenvalue weighted by Crippen LogP contribution is 2.32. The van der Waals surface area contributed by atoms with Crippen molar-refractivity contribution < 1.29 is 13.9 Å². The van der Waals surface area contributed by atoms with E-state index in [9.17, 15) is 9.59 Å². The van der Waals surface area contributed by atoms with Crippen LogP contribution in [0.3, 0.4) is 0 Å². The maximum absolute atomic E-state index is 13.8. The number of hydrogen-bond acceptors (Lipinski definition) is 7. The summed E-state index contributed by atoms with van der Waals surface area (Å²) in [5, 5.41) is 0.611. The summed E-state index contributed by atoms with van der Waals surface area (Å²) in [6.45, 7) is 3.75. The standard InChI is InChI=1S/C29H26ClN3O4S/c1-5-36-28(35)25-17(2)31-29-33(26(25)18-9-11-21(12-10-18)32(3)4)27(34)24(38-29)16-22-13-14-23(37-22)19-7-6-8-20(30)15-19/h6-16,26H,5H2,1-4H3/b24-16+/t26-/m1/s1. The van der Waals surface area contributed by atoms with Crippen molar-refractivity contribution in [1.29, 1.82) is 0 Å². The summed E-state index contributed by atoms with van der Waals surface area (Å²) in [5.41, 5.74) is 3.26. The van der Waals surface area contributed by atoms with Gasteiger partial charge in [0.15, 0.2) is 4.80 Å². The molecule has 0 bridgehead atoms. The molecule has 0 aliphatic carbocycles. The molecule has 2 aromatic heterocycles. The van der Waals surface area contributed by atoms with Gasteiger partial charge in [-0.05, 0) is 55.8 Å². The molecule has 0 spiro atoms. The van der Waals surface area contributed by atoms with Crippen molar-refractivity contribution in [3.05, 3.63) is 108 Å². The number of carbonyl (C=O) groups excluding carboxylic acids is 1. The maximum atomic E-state index is 13.8. The van der Waals surface area contributed by atoms with E-state index in [1.807, 2.05) is 67.5 Å². The average Bonchev–Trinajstić information content (AvgIpc) is 3.48. The van der Waals surface area contributed by atoms with E-state index in [2.05, 4.69) is 4.99 Å². The number of rotatable bonds is 6. The topological polar surface area (TPSA) is 77.0 Å². The Morgan fingerprint density at radius 3 is 2.63 bits per heavy atom. The van der Waals surface area contributed by atoms with Crippen LogP contribution in [0.1, 0.15) is 31.2 Å². The Morgan fingerprint density at radius 2 is 1.95 bits per heavy atom. The average molecular weight is 548 g/mol. The molecule has 2 aromatic carbocycles. The monoisotopic (exact) mass is 547 g/mol. The SMILES string of the molecule is CCOC(=O)C1=C(C)N=c2s/c(=C/c3ccc(-c4cccc(Cl)c4)o3)c(=O)n2[C@@H]1c1ccc(N(C)C)cc1. The van der Waals surface area contributed by atoms with Crippen molar-refractivity contribution >= 4 is 40.7 Å². The molecule has 0 saturated heterocycles. The number of esters is 1. The number of halogens is 1. The lowest BCUT2D eigenvalue weighted by molar-refractivity contribution is -0.139. The van der Waals surface area contributed by atoms with Gasteiger partial charge in [-0.2, -0.15) is 0 Å². The highest BCUT2D eigenvalue weighted by molar-refractivity contribution is 7.07. The molecule has 1 aliphatic rings. The van der Waals surface area contributed by atoms with Crippen LogP contribution in [0.15, 0.2) is 86.1 Å². The molecule has 4 aromatic rings. The normalized spacial score (nSPS) is 15.3. The molecule has 0 radical (unpaired) electrons. The molecule has 0 unspecified atom stereocenters. The summed E-state index contributed by atoms with van der Waals surface area (Å²) in [5.74, 6) is 0.686. The number of aromatic nitrogens is 1. The summed E-state index contributed by atoms with van der Waals surface area (Å²) in [4.78, 5) is 33.9. The fourth-order valence-corrected chi connectivity index (χ4v) is 5.64. The number of nitrogens with zero attached hydrogens (tertiary/aromatic N) is 3. The lowest BCUT2D eigenvalue weighted by Gasteiger charge is -2.25. The minimum absolute atomic E-state index is 0.222. The lowest BCUT2D eigenvalue weighted by atomic mass is 9.95. The smallest absolute Gasteiger partial charge is 0.338 e. The first-order chi connectivity index (χ1) is 18.3. The van der Waals surface area contributed by atoms with Crippen molar-refractivity contribution in [1.82, 2.24) is 4.57 Å². The van der Waals surface area contributed by atoms with Gasteiger partial charge < -0.3 is 14.1 Å². The van der Waals surface area contributed by atoms with Gasteiger partial charge in [-0.1, -0.05) is 47.2 Å². The van der Waals surface area contributed by atoms with Crippen molar-refractivity contribution in [2.75, 3.05) is 25.6 Å². The summed E-state index contributed by atoms with van der Waals surface area (Å²) in [7, 11) is 3.91. The molecular weight excluding hydrogens is 522 g/mol. The number of benzene rings is 2. The van der Waals surface area contributed by atoms with E-state index in [0.29, 0.717) is 37.1 Å². The van der Waals surface area contributed by atoms with Gasteiger partial charge in [-0.15, -0.1) is 0 Å². The summed E-state index contributed by atoms with van der Waals surface area (Å²) < 4.78 is 13.4. The van der Waals surface area contributed by atoms with Gasteiger partial charge in [-0.3, -0.25) is 9.36 Å². The first kappa shape index (κ1) is 25.8. The minimum atomic E-state index is -0.665. The van der Waals surface area contributed by atoms with Gasteiger partial charge >= 0.3 is 5.97 Å². The van der Waals surface area contributed by atoms with E-state index in [4.69, 9.17) is 20.8 Å². The Balaban J connectivity index is 1.63. The number of anilines is 1. The Labute approximate surface area is 228 Å². The third-order valence-electron chi connectivity index (χ3n) is 6.25. The quantitative estimate of drug-likeness (QED) is 0.325. The Morgan fingerprint density at radius 1 is 1.18 bits per heavy atom. The van der Waals surface area contributed by atoms with Crippen LogP contribution in [0.5, 0.6) is 0 Å². The van der Waals surface area contributed by atoms with Crippen LogP contribution in [0.2, 0.25) is 5.02 Å². The minimum Gasteiger partial charge on any atom is -0.463 e. The second-order valence-corrected chi connectivity index (χ2v) is 10.4. The number of thiazole rings is 1. The van der Waals surface area contributed by atoms with E-state index in [1.165, 1.54) is 11.3 Å². The van der Waals surface area contributed by atoms with Gasteiger partial charge in [-0.25, -0.2) is 9.79 Å². The second kappa shape index (κ2) is 10.5. The van der Waals surface area contributed by atoms with Crippen LogP contribution in [-0.4, -0.2) is 31.2 Å². The molecule has 38 heavy (non-hydrogen) atoms. The van der Waals surface area contributed by atoms with E-state index < -0.39 is 12.0 Å². The van der Waals surface area contributed by atoms with E-state index in [-0.39, 0.29) is 12.2 Å². The second-order valence-electron chi connectivity index (χ2n) is 9.00. The predicted molar refractivity (Wildman–Crippen MR) is 150 cm³/mol. The van der Waals surface area contributed by atoms with Gasteiger partial charge in [0.2, 0.25) is 0 Å². The molecule has 194 valence electrons. The molecular formula is C29H26ClN3O4S. The largest absolute Gasteiger partial charge is 0.463 e. The number of hydrogen-bond donors (Lipinski definition) is 0. The Bertz CT molecular complexity index is 1730. The van der Waals surface area contributed by atoms with Crippen LogP contribution in [-0.2, 0) is 9.53 Å². The third kappa shape index (κ3) is 4.85. The molecule has 1 aliphatic heterocycles. The number of carbonyl (C=O) groups is 1. The first-order valence-electron chi connectivity index (χ1n) is 12.1. The molecule has 0 fully saturated rings. The van der Waals surface area contributed by atoms with Crippen LogP contribution in [0.25, 0.3) is 17.4 Å². The van der Waals surface area contributed by atoms with Gasteiger partial charge in [0.05, 0.1) is 28.5 Å². The summed E-state index contributed by atoms with van der Waals surface area (Å²) in [6.07, 6.45) is 1.70. The lowest BCUT2D eigenvalue weighted by Crippen LogP contribution is -2.39. The van der Waals surface area contributed by atoms with Crippen molar-refractivity contribution in [3.63, 3.8) is 0 Å². The van der Waals surface area contributed by atoms with Gasteiger partial charge in [0.1, 0.15) is 11.5 Å². The zero-order valence-electron chi connectivity index (χ0n) is 21.4. The zero-order valence-corrected chi connectivity index (χ0v) is 23.0. The fourth-order valence-electron chi connectivity index (χ4n) is 4.42. The zero-order chi connectivity index (χ0) is 27.0. The van der Waals surface area contributed by atoms with E-state index in [0.717, 1.165) is 16.8 Å². The van der Waals surface area contributed by atoms with Crippen molar-refractivity contribution in [2.45, 2.75) is 19.9 Å². The van der Waals surface area contributed by atoms with Crippen molar-refractivity contribution in [2.24, 2.45) is 4.99 Å². The van der Waals surface area contributed by atoms with E-state index in [1.54, 1.807) is 36.6 Å². The third-order valence-corrected chi connectivity index (χ3v) is 7.47. The summed E-state index contributed by atoms with van der Waals surface area (Å²) in [6, 6.07) is 18.1. The molecule has 0 N–H and O–H groups in total. The molecule has 1 atom stereocenters. The molecule has 7 nitrogen and oxygen atoms in total. The number of fused-ring (bicyclic) bond motifs is 1. The van der Waals surface area contributed by atoms with E-state index >= 15 is 0 Å². The Kier molecular flexibility index (Phi) is 7.10. The van der Waals surface area contributed by atoms with Crippen LogP contribution in [0.4, 0.5) is 5.69 Å².